The average molecular weight is 401 g/mol. The Bertz CT molecular complexity index is 1180. The van der Waals surface area contributed by atoms with Gasteiger partial charge in [0.2, 0.25) is 0 Å². The molecule has 2 aromatic carbocycles. The molecule has 0 saturated heterocycles. The lowest BCUT2D eigenvalue weighted by molar-refractivity contribution is -0.138. The Morgan fingerprint density at radius 2 is 1.67 bits per heavy atom. The molecule has 0 bridgehead atoms. The molecule has 0 radical (unpaired) electrons. The maximum atomic E-state index is 12.7. The van der Waals surface area contributed by atoms with Crippen LogP contribution in [0.5, 0.6) is 0 Å². The highest BCUT2D eigenvalue weighted by Gasteiger charge is 2.19. The van der Waals surface area contributed by atoms with Gasteiger partial charge < -0.3 is 4.74 Å². The van der Waals surface area contributed by atoms with Crippen molar-refractivity contribution in [3.05, 3.63) is 122 Å². The molecule has 1 N–H and O–H groups in total. The summed E-state index contributed by atoms with van der Waals surface area (Å²) in [5.74, 6) is -0.827. The van der Waals surface area contributed by atoms with Crippen molar-refractivity contribution in [3.8, 4) is 0 Å². The van der Waals surface area contributed by atoms with Crippen molar-refractivity contribution in [3.63, 3.8) is 0 Å². The molecular formula is C23H19N3O4. The fourth-order valence-corrected chi connectivity index (χ4v) is 3.07. The van der Waals surface area contributed by atoms with Crippen LogP contribution < -0.4 is 11.2 Å². The van der Waals surface area contributed by atoms with Crippen LogP contribution in [-0.2, 0) is 9.53 Å². The standard InChI is InChI=1S/C23H19N3O4/c1-3-30-22(28)19(24-2)14-18-15-26(23(29)25-21(18)27)20(16-10-6-4-7-11-16)17-12-8-5-9-13-17/h4-15,20H,3H2,1H3,(H,25,27,29)/b19-14-. The van der Waals surface area contributed by atoms with Crippen molar-refractivity contribution < 1.29 is 9.53 Å². The molecule has 0 spiro atoms. The Morgan fingerprint density at radius 3 is 2.17 bits per heavy atom. The van der Waals surface area contributed by atoms with Crippen molar-refractivity contribution >= 4 is 12.0 Å². The average Bonchev–Trinajstić information content (AvgIpc) is 2.76. The maximum Gasteiger partial charge on any atom is 0.336 e. The van der Waals surface area contributed by atoms with Gasteiger partial charge in [0.05, 0.1) is 19.2 Å². The second kappa shape index (κ2) is 9.34. The van der Waals surface area contributed by atoms with Crippen LogP contribution >= 0.6 is 0 Å². The Morgan fingerprint density at radius 1 is 1.10 bits per heavy atom. The van der Waals surface area contributed by atoms with Gasteiger partial charge in [-0.05, 0) is 24.1 Å². The number of nitrogens with one attached hydrogen (secondary N) is 1. The van der Waals surface area contributed by atoms with Crippen LogP contribution in [0.15, 0.2) is 82.1 Å². The molecule has 3 aromatic rings. The van der Waals surface area contributed by atoms with Gasteiger partial charge in [0, 0.05) is 11.8 Å². The van der Waals surface area contributed by atoms with Gasteiger partial charge in [-0.1, -0.05) is 60.7 Å². The summed E-state index contributed by atoms with van der Waals surface area (Å²) in [5, 5.41) is 0. The number of ether oxygens (including phenoxy) is 1. The van der Waals surface area contributed by atoms with Gasteiger partial charge in [0.15, 0.2) is 0 Å². The lowest BCUT2D eigenvalue weighted by atomic mass is 9.98. The van der Waals surface area contributed by atoms with Gasteiger partial charge in [-0.15, -0.1) is 0 Å². The van der Waals surface area contributed by atoms with E-state index in [0.29, 0.717) is 0 Å². The number of aromatic amines is 1. The third-order valence-corrected chi connectivity index (χ3v) is 4.40. The number of benzene rings is 2. The zero-order chi connectivity index (χ0) is 21.5. The Labute approximate surface area is 172 Å². The summed E-state index contributed by atoms with van der Waals surface area (Å²) in [6.07, 6.45) is 2.49. The van der Waals surface area contributed by atoms with Gasteiger partial charge in [-0.3, -0.25) is 19.1 Å². The summed E-state index contributed by atoms with van der Waals surface area (Å²) < 4.78 is 6.22. The van der Waals surface area contributed by atoms with E-state index < -0.39 is 23.3 Å². The Hall–Kier alpha value is -4.18. The first-order valence-electron chi connectivity index (χ1n) is 9.26. The SMILES string of the molecule is [C-]#[N+]/C(=C\c1cn(C(c2ccccc2)c2ccccc2)c(=O)[nH]c1=O)C(=O)OCC. The summed E-state index contributed by atoms with van der Waals surface area (Å²) >= 11 is 0. The molecule has 0 atom stereocenters. The van der Waals surface area contributed by atoms with Crippen molar-refractivity contribution in [2.24, 2.45) is 0 Å². The second-order valence-electron chi connectivity index (χ2n) is 6.34. The topological polar surface area (TPSA) is 85.5 Å². The van der Waals surface area contributed by atoms with Crippen LogP contribution in [0.2, 0.25) is 0 Å². The smallest absolute Gasteiger partial charge is 0.336 e. The molecule has 0 aliphatic rings. The maximum absolute atomic E-state index is 12.7. The normalized spacial score (nSPS) is 11.2. The van der Waals surface area contributed by atoms with Gasteiger partial charge in [-0.25, -0.2) is 9.64 Å². The number of carbonyl (C=O) groups excluding carboxylic acids is 1. The minimum atomic E-state index is -0.827. The van der Waals surface area contributed by atoms with Crippen LogP contribution in [0.4, 0.5) is 0 Å². The van der Waals surface area contributed by atoms with Crippen LogP contribution in [-0.4, -0.2) is 22.1 Å². The highest BCUT2D eigenvalue weighted by atomic mass is 16.5. The van der Waals surface area contributed by atoms with Crippen LogP contribution in [0, 0.1) is 6.57 Å². The largest absolute Gasteiger partial charge is 0.471 e. The summed E-state index contributed by atoms with van der Waals surface area (Å²) in [5.41, 5.74) is 0.0399. The quantitative estimate of drug-likeness (QED) is 0.391. The summed E-state index contributed by atoms with van der Waals surface area (Å²) in [4.78, 5) is 42.4. The van der Waals surface area contributed by atoms with E-state index in [-0.39, 0.29) is 17.9 Å². The number of hydrogen-bond acceptors (Lipinski definition) is 4. The Balaban J connectivity index is 2.20. The molecule has 7 nitrogen and oxygen atoms in total. The minimum absolute atomic E-state index is 0.00511. The molecule has 30 heavy (non-hydrogen) atoms. The number of nitrogens with zero attached hydrogens (tertiary/aromatic N) is 2. The van der Waals surface area contributed by atoms with Crippen LogP contribution in [0.25, 0.3) is 10.9 Å². The zero-order valence-electron chi connectivity index (χ0n) is 16.2. The number of carbonyl (C=O) groups is 1. The molecule has 7 heteroatoms. The summed E-state index contributed by atoms with van der Waals surface area (Å²) in [6, 6.07) is 18.2. The number of esters is 1. The van der Waals surface area contributed by atoms with Crippen molar-refractivity contribution in [2.75, 3.05) is 6.61 Å². The summed E-state index contributed by atoms with van der Waals surface area (Å²) in [6.45, 7) is 8.94. The fraction of sp³-hybridized carbons (Fsp3) is 0.130. The minimum Gasteiger partial charge on any atom is -0.471 e. The first-order chi connectivity index (χ1) is 14.5. The van der Waals surface area contributed by atoms with E-state index in [1.54, 1.807) is 6.92 Å². The highest BCUT2D eigenvalue weighted by Crippen LogP contribution is 2.25. The van der Waals surface area contributed by atoms with Crippen molar-refractivity contribution in [1.29, 1.82) is 0 Å². The highest BCUT2D eigenvalue weighted by molar-refractivity contribution is 5.95. The number of rotatable bonds is 6. The molecular weight excluding hydrogens is 382 g/mol. The zero-order valence-corrected chi connectivity index (χ0v) is 16.2. The van der Waals surface area contributed by atoms with Crippen LogP contribution in [0.1, 0.15) is 29.7 Å². The van der Waals surface area contributed by atoms with E-state index in [0.717, 1.165) is 17.2 Å². The van der Waals surface area contributed by atoms with Crippen molar-refractivity contribution in [2.45, 2.75) is 13.0 Å². The molecule has 0 unspecified atom stereocenters. The predicted molar refractivity (Wildman–Crippen MR) is 113 cm³/mol. The van der Waals surface area contributed by atoms with E-state index in [1.165, 1.54) is 10.8 Å². The van der Waals surface area contributed by atoms with Gasteiger partial charge >= 0.3 is 11.7 Å². The lowest BCUT2D eigenvalue weighted by Gasteiger charge is -2.21. The van der Waals surface area contributed by atoms with Gasteiger partial charge in [0.1, 0.15) is 0 Å². The molecule has 150 valence electrons. The van der Waals surface area contributed by atoms with E-state index in [4.69, 9.17) is 11.3 Å². The van der Waals surface area contributed by atoms with Gasteiger partial charge in [-0.2, -0.15) is 0 Å². The molecule has 3 rings (SSSR count). The predicted octanol–water partition coefficient (Wildman–Crippen LogP) is 3.00. The van der Waals surface area contributed by atoms with E-state index in [9.17, 15) is 14.4 Å². The molecule has 1 heterocycles. The number of H-pyrrole nitrogens is 1. The molecule has 0 saturated carbocycles. The Kier molecular flexibility index (Phi) is 6.40. The first-order valence-corrected chi connectivity index (χ1v) is 9.26. The monoisotopic (exact) mass is 401 g/mol. The third-order valence-electron chi connectivity index (χ3n) is 4.40. The molecule has 0 amide bonds. The van der Waals surface area contributed by atoms with E-state index in [1.807, 2.05) is 60.7 Å². The van der Waals surface area contributed by atoms with Crippen molar-refractivity contribution in [1.82, 2.24) is 9.55 Å². The van der Waals surface area contributed by atoms with Gasteiger partial charge in [0.25, 0.3) is 11.3 Å². The lowest BCUT2D eigenvalue weighted by Crippen LogP contribution is -2.34. The molecule has 1 aromatic heterocycles. The fourth-order valence-electron chi connectivity index (χ4n) is 3.07. The first kappa shape index (κ1) is 20.6. The van der Waals surface area contributed by atoms with Crippen LogP contribution in [0.3, 0.4) is 0 Å². The number of hydrogen-bond donors (Lipinski definition) is 1. The molecule has 0 fully saturated rings. The second-order valence-corrected chi connectivity index (χ2v) is 6.34. The van der Waals surface area contributed by atoms with E-state index >= 15 is 0 Å². The molecule has 0 aliphatic heterocycles. The third kappa shape index (κ3) is 4.45. The molecule has 0 aliphatic carbocycles. The van der Waals surface area contributed by atoms with E-state index in [2.05, 4.69) is 9.83 Å². The number of aromatic nitrogens is 2. The summed E-state index contributed by atoms with van der Waals surface area (Å²) in [7, 11) is 0.